The summed E-state index contributed by atoms with van der Waals surface area (Å²) in [5.41, 5.74) is 4.76. The third-order valence-corrected chi connectivity index (χ3v) is 5.53. The lowest BCUT2D eigenvalue weighted by atomic mass is 9.93. The van der Waals surface area contributed by atoms with E-state index in [1.165, 1.54) is 18.2 Å². The van der Waals surface area contributed by atoms with E-state index in [9.17, 15) is 17.9 Å². The fourth-order valence-electron chi connectivity index (χ4n) is 2.54. The summed E-state index contributed by atoms with van der Waals surface area (Å²) in [5.74, 6) is -0.840. The van der Waals surface area contributed by atoms with Crippen molar-refractivity contribution in [2.45, 2.75) is 46.1 Å². The smallest absolute Gasteiger partial charge is 0.230 e. The number of nitrogens with one attached hydrogen (secondary N) is 1. The van der Waals surface area contributed by atoms with Gasteiger partial charge in [-0.05, 0) is 38.0 Å². The van der Waals surface area contributed by atoms with Crippen molar-refractivity contribution in [2.75, 3.05) is 11.1 Å². The lowest BCUT2D eigenvalue weighted by Gasteiger charge is -2.27. The Morgan fingerprint density at radius 3 is 2.62 bits per heavy atom. The van der Waals surface area contributed by atoms with E-state index in [1.807, 2.05) is 20.8 Å². The first-order valence-corrected chi connectivity index (χ1v) is 9.78. The molecule has 0 aromatic heterocycles. The van der Waals surface area contributed by atoms with Crippen LogP contribution in [0.4, 0.5) is 10.1 Å². The van der Waals surface area contributed by atoms with Gasteiger partial charge in [-0.15, -0.1) is 0 Å². The number of rotatable bonds is 7. The molecule has 1 amide bonds. The Morgan fingerprint density at radius 2 is 2.12 bits per heavy atom. The highest BCUT2D eigenvalue weighted by Gasteiger charge is 2.45. The lowest BCUT2D eigenvalue weighted by Crippen LogP contribution is -2.33. The van der Waals surface area contributed by atoms with Gasteiger partial charge in [-0.3, -0.25) is 9.79 Å². The van der Waals surface area contributed by atoms with E-state index >= 15 is 0 Å². The molecule has 0 radical (unpaired) electrons. The van der Waals surface area contributed by atoms with Gasteiger partial charge >= 0.3 is 0 Å². The van der Waals surface area contributed by atoms with Gasteiger partial charge in [0.15, 0.2) is 11.1 Å². The Labute approximate surface area is 155 Å². The number of amidine groups is 1. The summed E-state index contributed by atoms with van der Waals surface area (Å²) in [6.45, 7) is 7.10. The Kier molecular flexibility index (Phi) is 5.87. The second kappa shape index (κ2) is 7.44. The summed E-state index contributed by atoms with van der Waals surface area (Å²) in [5, 5.41) is 2.79. The molecule has 8 heteroatoms. The second-order valence-corrected chi connectivity index (χ2v) is 8.57. The van der Waals surface area contributed by atoms with Gasteiger partial charge < -0.3 is 15.6 Å². The normalized spacial score (nSPS) is 19.7. The van der Waals surface area contributed by atoms with E-state index in [2.05, 4.69) is 10.3 Å². The highest BCUT2D eigenvalue weighted by atomic mass is 32.2. The molecule has 26 heavy (non-hydrogen) atoms. The van der Waals surface area contributed by atoms with Gasteiger partial charge in [0.25, 0.3) is 0 Å². The average Bonchev–Trinajstić information content (AvgIpc) is 3.27. The summed E-state index contributed by atoms with van der Waals surface area (Å²) in [6.07, 6.45) is 1.65. The van der Waals surface area contributed by atoms with Crippen molar-refractivity contribution < 1.29 is 17.9 Å². The summed E-state index contributed by atoms with van der Waals surface area (Å²) in [6, 6.07) is 4.15. The van der Waals surface area contributed by atoms with Crippen molar-refractivity contribution in [1.29, 1.82) is 0 Å². The highest BCUT2D eigenvalue weighted by Crippen LogP contribution is 2.45. The summed E-state index contributed by atoms with van der Waals surface area (Å²) < 4.78 is 35.4. The molecule has 1 aromatic rings. The van der Waals surface area contributed by atoms with Gasteiger partial charge in [0, 0.05) is 22.6 Å². The predicted molar refractivity (Wildman–Crippen MR) is 102 cm³/mol. The molecular formula is C18H26FN3O3S. The van der Waals surface area contributed by atoms with Gasteiger partial charge in [0.1, 0.15) is 11.4 Å². The molecule has 0 heterocycles. The van der Waals surface area contributed by atoms with Crippen molar-refractivity contribution in [3.63, 3.8) is 0 Å². The fourth-order valence-corrected chi connectivity index (χ4v) is 3.24. The highest BCUT2D eigenvalue weighted by molar-refractivity contribution is 7.79. The molecule has 0 aliphatic heterocycles. The monoisotopic (exact) mass is 383 g/mol. The van der Waals surface area contributed by atoms with E-state index < -0.39 is 22.4 Å². The largest absolute Gasteiger partial charge is 0.387 e. The van der Waals surface area contributed by atoms with E-state index in [4.69, 9.17) is 5.73 Å². The number of hydrogen-bond donors (Lipinski definition) is 3. The molecule has 1 unspecified atom stereocenters. The fraction of sp³-hybridized carbons (Fsp3) is 0.556. The molecule has 2 atom stereocenters. The average molecular weight is 383 g/mol. The molecule has 0 spiro atoms. The number of amides is 1. The van der Waals surface area contributed by atoms with E-state index in [0.29, 0.717) is 5.69 Å². The van der Waals surface area contributed by atoms with Crippen LogP contribution in [0.15, 0.2) is 23.2 Å². The minimum absolute atomic E-state index is 0.0952. The van der Waals surface area contributed by atoms with Crippen LogP contribution in [0.1, 0.15) is 46.1 Å². The summed E-state index contributed by atoms with van der Waals surface area (Å²) >= 11 is -2.21. The Balaban J connectivity index is 2.43. The van der Waals surface area contributed by atoms with Gasteiger partial charge in [-0.25, -0.2) is 8.60 Å². The molecule has 4 N–H and O–H groups in total. The minimum Gasteiger partial charge on any atom is -0.387 e. The van der Waals surface area contributed by atoms with Crippen molar-refractivity contribution in [3.8, 4) is 0 Å². The maximum Gasteiger partial charge on any atom is 0.230 e. The molecule has 6 nitrogen and oxygen atoms in total. The first-order valence-electron chi connectivity index (χ1n) is 8.51. The Bertz CT molecular complexity index is 762. The van der Waals surface area contributed by atoms with Crippen molar-refractivity contribution >= 4 is 28.5 Å². The first kappa shape index (κ1) is 20.5. The van der Waals surface area contributed by atoms with E-state index in [-0.39, 0.29) is 34.4 Å². The van der Waals surface area contributed by atoms with Crippen molar-refractivity contribution in [1.82, 2.24) is 0 Å². The standard InChI is InChI=1S/C18H26FN3O3S/c1-11(2)15(20)22-18(4,10-26(24)25)13-9-12(5-6-14(13)19)21-16(23)17(3)7-8-17/h5-6,9,11H,7-8,10H2,1-4H3,(H2,20,22)(H,21,23)(H,24,25)/t18-/m0/s1. The number of anilines is 1. The molecule has 2 rings (SSSR count). The second-order valence-electron chi connectivity index (χ2n) is 7.64. The maximum absolute atomic E-state index is 14.5. The Morgan fingerprint density at radius 1 is 1.50 bits per heavy atom. The van der Waals surface area contributed by atoms with Crippen LogP contribution in [0, 0.1) is 17.2 Å². The number of hydrogen-bond acceptors (Lipinski definition) is 3. The third-order valence-electron chi connectivity index (χ3n) is 4.72. The van der Waals surface area contributed by atoms with Crippen LogP contribution in [0.25, 0.3) is 0 Å². The minimum atomic E-state index is -2.21. The molecule has 1 fully saturated rings. The number of carbonyl (C=O) groups excluding carboxylic acids is 1. The molecule has 1 aliphatic carbocycles. The van der Waals surface area contributed by atoms with Crippen molar-refractivity contribution in [3.05, 3.63) is 29.6 Å². The maximum atomic E-state index is 14.5. The van der Waals surface area contributed by atoms with Crippen LogP contribution in [0.2, 0.25) is 0 Å². The van der Waals surface area contributed by atoms with Crippen LogP contribution in [0.5, 0.6) is 0 Å². The number of nitrogens with two attached hydrogens (primary N) is 1. The number of benzene rings is 1. The van der Waals surface area contributed by atoms with E-state index in [0.717, 1.165) is 12.8 Å². The van der Waals surface area contributed by atoms with Crippen LogP contribution in [-0.2, 0) is 21.4 Å². The van der Waals surface area contributed by atoms with E-state index in [1.54, 1.807) is 6.92 Å². The molecule has 1 saturated carbocycles. The quantitative estimate of drug-likeness (QED) is 0.382. The van der Waals surface area contributed by atoms with Crippen LogP contribution < -0.4 is 11.1 Å². The zero-order valence-electron chi connectivity index (χ0n) is 15.5. The predicted octanol–water partition coefficient (Wildman–Crippen LogP) is 3.01. The van der Waals surface area contributed by atoms with Crippen LogP contribution in [0.3, 0.4) is 0 Å². The van der Waals surface area contributed by atoms with Gasteiger partial charge in [-0.1, -0.05) is 20.8 Å². The first-order chi connectivity index (χ1) is 12.0. The van der Waals surface area contributed by atoms with Gasteiger partial charge in [0.2, 0.25) is 5.91 Å². The van der Waals surface area contributed by atoms with Gasteiger partial charge in [0.05, 0.1) is 11.6 Å². The molecular weight excluding hydrogens is 357 g/mol. The summed E-state index contributed by atoms with van der Waals surface area (Å²) in [4.78, 5) is 16.6. The molecule has 0 bridgehead atoms. The van der Waals surface area contributed by atoms with Crippen LogP contribution in [-0.4, -0.2) is 26.3 Å². The molecule has 0 saturated heterocycles. The van der Waals surface area contributed by atoms with Gasteiger partial charge in [-0.2, -0.15) is 0 Å². The SMILES string of the molecule is CC(C)C(N)=N[C@@](C)(CS(=O)O)c1cc(NC(=O)C2(C)CC2)ccc1F. The summed E-state index contributed by atoms with van der Waals surface area (Å²) in [7, 11) is 0. The number of halogens is 1. The number of aliphatic imine (C=N–C) groups is 1. The number of nitrogens with zero attached hydrogens (tertiary/aromatic N) is 1. The zero-order chi connectivity index (χ0) is 19.7. The number of carbonyl (C=O) groups is 1. The topological polar surface area (TPSA) is 105 Å². The van der Waals surface area contributed by atoms with Crippen LogP contribution >= 0.6 is 0 Å². The lowest BCUT2D eigenvalue weighted by molar-refractivity contribution is -0.120. The zero-order valence-corrected chi connectivity index (χ0v) is 16.3. The molecule has 1 aromatic carbocycles. The van der Waals surface area contributed by atoms with Crippen molar-refractivity contribution in [2.24, 2.45) is 22.1 Å². The molecule has 144 valence electrons. The Hall–Kier alpha value is -1.80. The third kappa shape index (κ3) is 4.67. The molecule has 1 aliphatic rings.